The summed E-state index contributed by atoms with van der Waals surface area (Å²) in [7, 11) is 1.71. The van der Waals surface area contributed by atoms with E-state index >= 15 is 0 Å². The normalized spacial score (nSPS) is 10.8. The molecule has 0 radical (unpaired) electrons. The molecule has 0 saturated heterocycles. The largest absolute Gasteiger partial charge is 0.494 e. The van der Waals surface area contributed by atoms with Crippen LogP contribution in [-0.4, -0.2) is 38.1 Å². The average molecular weight is 448 g/mol. The Balaban J connectivity index is 0.00000529. The van der Waals surface area contributed by atoms with E-state index in [9.17, 15) is 4.79 Å². The van der Waals surface area contributed by atoms with Crippen LogP contribution in [0.5, 0.6) is 5.75 Å². The third-order valence-corrected chi connectivity index (χ3v) is 3.04. The molecule has 136 valence electrons. The van der Waals surface area contributed by atoms with Gasteiger partial charge in [-0.1, -0.05) is 18.2 Å². The molecular weight excluding hydrogens is 419 g/mol. The molecule has 0 atom stereocenters. The van der Waals surface area contributed by atoms with E-state index in [1.54, 1.807) is 7.05 Å². The Morgan fingerprint density at radius 2 is 1.96 bits per heavy atom. The quantitative estimate of drug-likeness (QED) is 0.324. The van der Waals surface area contributed by atoms with Crippen molar-refractivity contribution < 1.29 is 9.53 Å². The Kier molecular flexibility index (Phi) is 12.0. The number of guanidine groups is 1. The highest BCUT2D eigenvalue weighted by Gasteiger charge is 2.06. The summed E-state index contributed by atoms with van der Waals surface area (Å²) in [5.74, 6) is 1.56. The zero-order valence-corrected chi connectivity index (χ0v) is 17.2. The third kappa shape index (κ3) is 8.95. The van der Waals surface area contributed by atoms with E-state index < -0.39 is 0 Å². The molecule has 0 aromatic heterocycles. The third-order valence-electron chi connectivity index (χ3n) is 3.04. The van der Waals surface area contributed by atoms with Crippen LogP contribution >= 0.6 is 24.0 Å². The lowest BCUT2D eigenvalue weighted by atomic mass is 10.2. The number of para-hydroxylation sites is 1. The summed E-state index contributed by atoms with van der Waals surface area (Å²) in [4.78, 5) is 15.7. The van der Waals surface area contributed by atoms with Crippen LogP contribution in [0.25, 0.3) is 0 Å². The maximum atomic E-state index is 11.6. The summed E-state index contributed by atoms with van der Waals surface area (Å²) in [6.07, 6.45) is 0.411. The summed E-state index contributed by atoms with van der Waals surface area (Å²) >= 11 is 0. The summed E-state index contributed by atoms with van der Waals surface area (Å²) in [5, 5.41) is 9.22. The van der Waals surface area contributed by atoms with E-state index in [1.165, 1.54) is 0 Å². The topological polar surface area (TPSA) is 74.8 Å². The Labute approximate surface area is 161 Å². The van der Waals surface area contributed by atoms with Gasteiger partial charge in [0.1, 0.15) is 5.75 Å². The van der Waals surface area contributed by atoms with Crippen LogP contribution in [0.15, 0.2) is 29.3 Å². The van der Waals surface area contributed by atoms with Gasteiger partial charge < -0.3 is 20.7 Å². The summed E-state index contributed by atoms with van der Waals surface area (Å²) in [6, 6.07) is 8.06. The number of carbonyl (C=O) groups is 1. The molecule has 0 heterocycles. The highest BCUT2D eigenvalue weighted by molar-refractivity contribution is 14.0. The maximum absolute atomic E-state index is 11.6. The molecule has 0 aliphatic carbocycles. The zero-order valence-electron chi connectivity index (χ0n) is 14.9. The van der Waals surface area contributed by atoms with Crippen molar-refractivity contribution in [1.82, 2.24) is 16.0 Å². The number of rotatable bonds is 8. The van der Waals surface area contributed by atoms with Gasteiger partial charge in [-0.3, -0.25) is 9.79 Å². The van der Waals surface area contributed by atoms with Crippen molar-refractivity contribution in [2.45, 2.75) is 39.8 Å². The van der Waals surface area contributed by atoms with Crippen LogP contribution in [0.1, 0.15) is 32.8 Å². The maximum Gasteiger partial charge on any atom is 0.221 e. The number of amides is 1. The van der Waals surface area contributed by atoms with Gasteiger partial charge in [0.05, 0.1) is 6.61 Å². The first-order valence-electron chi connectivity index (χ1n) is 8.01. The van der Waals surface area contributed by atoms with E-state index in [2.05, 4.69) is 20.9 Å². The molecule has 3 N–H and O–H groups in total. The SMILES string of the molecule is CCOc1ccccc1CNC(=NC)NCCC(=O)NC(C)C.I. The predicted octanol–water partition coefficient (Wildman–Crippen LogP) is 2.28. The Morgan fingerprint density at radius 1 is 1.25 bits per heavy atom. The first kappa shape index (κ1) is 22.5. The second kappa shape index (κ2) is 12.9. The van der Waals surface area contributed by atoms with Crippen molar-refractivity contribution in [3.05, 3.63) is 29.8 Å². The first-order chi connectivity index (χ1) is 11.1. The molecule has 1 rings (SSSR count). The molecule has 0 aliphatic rings. The minimum Gasteiger partial charge on any atom is -0.494 e. The molecule has 6 nitrogen and oxygen atoms in total. The van der Waals surface area contributed by atoms with Crippen molar-refractivity contribution in [3.63, 3.8) is 0 Å². The van der Waals surface area contributed by atoms with Gasteiger partial charge in [-0.05, 0) is 26.8 Å². The number of ether oxygens (including phenoxy) is 1. The molecule has 0 bridgehead atoms. The minimum atomic E-state index is 0. The van der Waals surface area contributed by atoms with Crippen molar-refractivity contribution >= 4 is 35.8 Å². The second-order valence-corrected chi connectivity index (χ2v) is 5.37. The molecule has 1 aromatic rings. The lowest BCUT2D eigenvalue weighted by molar-refractivity contribution is -0.121. The lowest BCUT2D eigenvalue weighted by Gasteiger charge is -2.14. The monoisotopic (exact) mass is 448 g/mol. The molecule has 1 aromatic carbocycles. The first-order valence-corrected chi connectivity index (χ1v) is 8.01. The van der Waals surface area contributed by atoms with Crippen LogP contribution in [0.2, 0.25) is 0 Å². The zero-order chi connectivity index (χ0) is 17.1. The molecule has 1 amide bonds. The number of nitrogens with zero attached hydrogens (tertiary/aromatic N) is 1. The van der Waals surface area contributed by atoms with Gasteiger partial charge in [0.15, 0.2) is 5.96 Å². The summed E-state index contributed by atoms with van der Waals surface area (Å²) < 4.78 is 5.60. The summed E-state index contributed by atoms with van der Waals surface area (Å²) in [5.41, 5.74) is 1.06. The second-order valence-electron chi connectivity index (χ2n) is 5.37. The van der Waals surface area contributed by atoms with Gasteiger partial charge in [-0.25, -0.2) is 0 Å². The van der Waals surface area contributed by atoms with Crippen molar-refractivity contribution in [1.29, 1.82) is 0 Å². The van der Waals surface area contributed by atoms with E-state index in [0.29, 0.717) is 32.1 Å². The molecule has 24 heavy (non-hydrogen) atoms. The number of hydrogen-bond donors (Lipinski definition) is 3. The van der Waals surface area contributed by atoms with Gasteiger partial charge in [0, 0.05) is 38.2 Å². The van der Waals surface area contributed by atoms with Crippen molar-refractivity contribution in [2.75, 3.05) is 20.2 Å². The molecule has 0 unspecified atom stereocenters. The Morgan fingerprint density at radius 3 is 2.58 bits per heavy atom. The molecule has 0 spiro atoms. The van der Waals surface area contributed by atoms with Crippen LogP contribution in [-0.2, 0) is 11.3 Å². The fraction of sp³-hybridized carbons (Fsp3) is 0.529. The van der Waals surface area contributed by atoms with E-state index in [-0.39, 0.29) is 35.9 Å². The summed E-state index contributed by atoms with van der Waals surface area (Å²) in [6.45, 7) is 7.63. The van der Waals surface area contributed by atoms with E-state index in [0.717, 1.165) is 11.3 Å². The number of benzene rings is 1. The molecule has 0 fully saturated rings. The van der Waals surface area contributed by atoms with E-state index in [1.807, 2.05) is 45.0 Å². The van der Waals surface area contributed by atoms with Crippen LogP contribution in [0.4, 0.5) is 0 Å². The molecule has 0 saturated carbocycles. The van der Waals surface area contributed by atoms with Crippen LogP contribution in [0, 0.1) is 0 Å². The van der Waals surface area contributed by atoms with Crippen molar-refractivity contribution in [2.24, 2.45) is 4.99 Å². The van der Waals surface area contributed by atoms with Crippen molar-refractivity contribution in [3.8, 4) is 5.75 Å². The van der Waals surface area contributed by atoms with Gasteiger partial charge >= 0.3 is 0 Å². The van der Waals surface area contributed by atoms with Crippen LogP contribution in [0.3, 0.4) is 0 Å². The highest BCUT2D eigenvalue weighted by atomic mass is 127. The van der Waals surface area contributed by atoms with Gasteiger partial charge in [0.25, 0.3) is 0 Å². The predicted molar refractivity (Wildman–Crippen MR) is 109 cm³/mol. The van der Waals surface area contributed by atoms with E-state index in [4.69, 9.17) is 4.74 Å². The smallest absolute Gasteiger partial charge is 0.221 e. The fourth-order valence-corrected chi connectivity index (χ4v) is 2.03. The average Bonchev–Trinajstić information content (AvgIpc) is 2.51. The Hall–Kier alpha value is -1.51. The fourth-order valence-electron chi connectivity index (χ4n) is 2.03. The van der Waals surface area contributed by atoms with Gasteiger partial charge in [0.2, 0.25) is 5.91 Å². The number of carbonyl (C=O) groups excluding carboxylic acids is 1. The van der Waals surface area contributed by atoms with Gasteiger partial charge in [-0.2, -0.15) is 0 Å². The molecule has 0 aliphatic heterocycles. The molecule has 7 heteroatoms. The molecular formula is C17H29IN4O2. The number of nitrogens with one attached hydrogen (secondary N) is 3. The standard InChI is InChI=1S/C17H28N4O2.HI/c1-5-23-15-9-7-6-8-14(15)12-20-17(18-4)19-11-10-16(22)21-13(2)3;/h6-9,13H,5,10-12H2,1-4H3,(H,21,22)(H2,18,19,20);1H. The minimum absolute atomic E-state index is 0. The number of hydrogen-bond acceptors (Lipinski definition) is 3. The van der Waals surface area contributed by atoms with Gasteiger partial charge in [-0.15, -0.1) is 24.0 Å². The number of aliphatic imine (C=N–C) groups is 1. The lowest BCUT2D eigenvalue weighted by Crippen LogP contribution is -2.39. The highest BCUT2D eigenvalue weighted by Crippen LogP contribution is 2.17. The van der Waals surface area contributed by atoms with Crippen LogP contribution < -0.4 is 20.7 Å². The Bertz CT molecular complexity index is 521. The number of halogens is 1.